The summed E-state index contributed by atoms with van der Waals surface area (Å²) < 4.78 is 2.24. The quantitative estimate of drug-likeness (QED) is 0.452. The zero-order valence-corrected chi connectivity index (χ0v) is 13.5. The van der Waals surface area contributed by atoms with Gasteiger partial charge in [-0.1, -0.05) is 43.3 Å². The molecule has 0 bridgehead atoms. The Hall–Kier alpha value is -2.94. The van der Waals surface area contributed by atoms with Gasteiger partial charge in [0.25, 0.3) is 0 Å². The van der Waals surface area contributed by atoms with Gasteiger partial charge in [0, 0.05) is 11.8 Å². The lowest BCUT2D eigenvalue weighted by atomic mass is 10.1. The Morgan fingerprint density at radius 1 is 0.833 bits per heavy atom. The second kappa shape index (κ2) is 5.03. The average molecular weight is 311 g/mol. The Morgan fingerprint density at radius 2 is 1.58 bits per heavy atom. The molecule has 2 aromatic heterocycles. The highest BCUT2D eigenvalue weighted by atomic mass is 15.1. The van der Waals surface area contributed by atoms with Crippen molar-refractivity contribution in [3.05, 3.63) is 66.5 Å². The van der Waals surface area contributed by atoms with Crippen molar-refractivity contribution in [1.29, 1.82) is 0 Å². The van der Waals surface area contributed by atoms with E-state index in [0.717, 1.165) is 46.2 Å². The summed E-state index contributed by atoms with van der Waals surface area (Å²) in [5, 5.41) is 3.57. The number of aryl methyl sites for hydroxylation is 1. The van der Waals surface area contributed by atoms with Crippen molar-refractivity contribution < 1.29 is 0 Å². The first-order chi connectivity index (χ1) is 11.8. The van der Waals surface area contributed by atoms with Gasteiger partial charge in [-0.05, 0) is 41.5 Å². The highest BCUT2D eigenvalue weighted by Crippen LogP contribution is 2.28. The highest BCUT2D eigenvalue weighted by Gasteiger charge is 2.13. The van der Waals surface area contributed by atoms with Crippen LogP contribution in [0.3, 0.4) is 0 Å². The number of hydrogen-bond acceptors (Lipinski definition) is 2. The zero-order chi connectivity index (χ0) is 16.1. The molecule has 3 aromatic carbocycles. The molecule has 0 saturated heterocycles. The topological polar surface area (TPSA) is 30.2 Å². The Morgan fingerprint density at radius 3 is 2.42 bits per heavy atom. The Labute approximate surface area is 139 Å². The summed E-state index contributed by atoms with van der Waals surface area (Å²) in [5.41, 5.74) is 4.21. The fourth-order valence-electron chi connectivity index (χ4n) is 3.55. The van der Waals surface area contributed by atoms with Gasteiger partial charge in [0.2, 0.25) is 0 Å². The maximum Gasteiger partial charge on any atom is 0.148 e. The molecule has 0 N–H and O–H groups in total. The smallest absolute Gasteiger partial charge is 0.148 e. The van der Waals surface area contributed by atoms with E-state index in [1.165, 1.54) is 10.8 Å². The van der Waals surface area contributed by atoms with E-state index in [9.17, 15) is 0 Å². The van der Waals surface area contributed by atoms with Gasteiger partial charge in [-0.3, -0.25) is 4.40 Å². The molecule has 0 atom stereocenters. The molecule has 0 aliphatic rings. The number of fused-ring (bicyclic) bond motifs is 6. The second-order valence-electron chi connectivity index (χ2n) is 6.25. The summed E-state index contributed by atoms with van der Waals surface area (Å²) in [6, 6.07) is 21.1. The summed E-state index contributed by atoms with van der Waals surface area (Å²) in [6.07, 6.45) is 2.01. The van der Waals surface area contributed by atoms with Crippen LogP contribution >= 0.6 is 0 Å². The van der Waals surface area contributed by atoms with Gasteiger partial charge in [0.05, 0.1) is 16.6 Å². The molecule has 0 saturated carbocycles. The molecule has 116 valence electrons. The van der Waals surface area contributed by atoms with Crippen molar-refractivity contribution in [2.24, 2.45) is 0 Å². The minimum absolute atomic E-state index is 0.944. The number of rotatable bonds is 2. The summed E-state index contributed by atoms with van der Waals surface area (Å²) in [5.74, 6) is 1.09. The Balaban J connectivity index is 2.02. The number of nitrogens with zero attached hydrogens (tertiary/aromatic N) is 3. The monoisotopic (exact) mass is 311 g/mol. The van der Waals surface area contributed by atoms with E-state index in [-0.39, 0.29) is 0 Å². The summed E-state index contributed by atoms with van der Waals surface area (Å²) in [4.78, 5) is 9.88. The van der Waals surface area contributed by atoms with E-state index in [0.29, 0.717) is 0 Å². The van der Waals surface area contributed by atoms with Crippen LogP contribution in [-0.4, -0.2) is 14.4 Å². The van der Waals surface area contributed by atoms with Crippen molar-refractivity contribution >= 4 is 38.4 Å². The third-order valence-corrected chi connectivity index (χ3v) is 4.65. The van der Waals surface area contributed by atoms with Crippen molar-refractivity contribution in [2.75, 3.05) is 0 Å². The van der Waals surface area contributed by atoms with Crippen LogP contribution < -0.4 is 0 Å². The van der Waals surface area contributed by atoms with Gasteiger partial charge in [-0.15, -0.1) is 0 Å². The second-order valence-corrected chi connectivity index (χ2v) is 6.25. The van der Waals surface area contributed by atoms with Gasteiger partial charge in [0.15, 0.2) is 0 Å². The van der Waals surface area contributed by atoms with Crippen LogP contribution in [0, 0.1) is 0 Å². The maximum absolute atomic E-state index is 4.96. The van der Waals surface area contributed by atoms with Crippen molar-refractivity contribution in [3.8, 4) is 0 Å². The maximum atomic E-state index is 4.96. The van der Waals surface area contributed by atoms with E-state index >= 15 is 0 Å². The van der Waals surface area contributed by atoms with E-state index < -0.39 is 0 Å². The molecule has 0 aliphatic heterocycles. The molecule has 0 spiro atoms. The number of para-hydroxylation sites is 1. The summed E-state index contributed by atoms with van der Waals surface area (Å²) >= 11 is 0. The predicted octanol–water partition coefficient (Wildman–Crippen LogP) is 5.14. The SMILES string of the molecule is CCCc1nc2ccccc2c2nc3cc4ccccc4cc3n12. The normalized spacial score (nSPS) is 11.9. The number of aromatic nitrogens is 3. The third-order valence-electron chi connectivity index (χ3n) is 4.65. The van der Waals surface area contributed by atoms with Gasteiger partial charge in [-0.2, -0.15) is 0 Å². The molecule has 0 aliphatic carbocycles. The van der Waals surface area contributed by atoms with E-state index in [2.05, 4.69) is 65.9 Å². The van der Waals surface area contributed by atoms with Crippen LogP contribution in [0.1, 0.15) is 19.2 Å². The summed E-state index contributed by atoms with van der Waals surface area (Å²) in [7, 11) is 0. The third kappa shape index (κ3) is 1.84. The van der Waals surface area contributed by atoms with Crippen molar-refractivity contribution in [3.63, 3.8) is 0 Å². The Kier molecular flexibility index (Phi) is 2.83. The fraction of sp³-hybridized carbons (Fsp3) is 0.143. The summed E-state index contributed by atoms with van der Waals surface area (Å²) in [6.45, 7) is 2.19. The highest BCUT2D eigenvalue weighted by molar-refractivity contribution is 6.01. The first-order valence-corrected chi connectivity index (χ1v) is 8.44. The van der Waals surface area contributed by atoms with E-state index in [4.69, 9.17) is 9.97 Å². The van der Waals surface area contributed by atoms with Gasteiger partial charge >= 0.3 is 0 Å². The van der Waals surface area contributed by atoms with Crippen molar-refractivity contribution in [1.82, 2.24) is 14.4 Å². The van der Waals surface area contributed by atoms with Crippen LogP contribution in [0.5, 0.6) is 0 Å². The molecule has 3 heteroatoms. The van der Waals surface area contributed by atoms with E-state index in [1.54, 1.807) is 0 Å². The first-order valence-electron chi connectivity index (χ1n) is 8.44. The lowest BCUT2D eigenvalue weighted by Crippen LogP contribution is -2.01. The molecular formula is C21H17N3. The molecule has 5 rings (SSSR count). The van der Waals surface area contributed by atoms with Crippen LogP contribution in [-0.2, 0) is 6.42 Å². The Bertz CT molecular complexity index is 1220. The number of benzene rings is 3. The van der Waals surface area contributed by atoms with Crippen LogP contribution in [0.4, 0.5) is 0 Å². The molecule has 3 nitrogen and oxygen atoms in total. The van der Waals surface area contributed by atoms with Crippen LogP contribution in [0.2, 0.25) is 0 Å². The minimum Gasteiger partial charge on any atom is -0.280 e. The fourth-order valence-corrected chi connectivity index (χ4v) is 3.55. The number of hydrogen-bond donors (Lipinski definition) is 0. The lowest BCUT2D eigenvalue weighted by Gasteiger charge is -2.08. The molecular weight excluding hydrogens is 294 g/mol. The average Bonchev–Trinajstić information content (AvgIpc) is 2.99. The number of imidazole rings is 1. The van der Waals surface area contributed by atoms with Gasteiger partial charge in [-0.25, -0.2) is 9.97 Å². The molecule has 5 aromatic rings. The van der Waals surface area contributed by atoms with Gasteiger partial charge in [0.1, 0.15) is 11.5 Å². The molecule has 0 fully saturated rings. The van der Waals surface area contributed by atoms with Crippen LogP contribution in [0.15, 0.2) is 60.7 Å². The first kappa shape index (κ1) is 13.5. The van der Waals surface area contributed by atoms with Crippen molar-refractivity contribution in [2.45, 2.75) is 19.8 Å². The van der Waals surface area contributed by atoms with Crippen LogP contribution in [0.25, 0.3) is 38.4 Å². The van der Waals surface area contributed by atoms with E-state index in [1.807, 2.05) is 6.07 Å². The molecule has 2 heterocycles. The molecule has 0 radical (unpaired) electrons. The van der Waals surface area contributed by atoms with Gasteiger partial charge < -0.3 is 0 Å². The molecule has 0 amide bonds. The lowest BCUT2D eigenvalue weighted by molar-refractivity contribution is 0.829. The standard InChI is InChI=1S/C21H17N3/c1-2-7-20-22-17-11-6-5-10-16(17)21-23-18-12-14-8-3-4-9-15(14)13-19(18)24(20)21/h3-6,8-13H,2,7H2,1H3. The largest absolute Gasteiger partial charge is 0.280 e. The zero-order valence-electron chi connectivity index (χ0n) is 13.5. The molecule has 0 unspecified atom stereocenters. The minimum atomic E-state index is 0.944. The predicted molar refractivity (Wildman–Crippen MR) is 99.5 cm³/mol. The molecule has 24 heavy (non-hydrogen) atoms.